The number of anilines is 2. The minimum atomic E-state index is -4.03. The second kappa shape index (κ2) is 8.77. The lowest BCUT2D eigenvalue weighted by molar-refractivity contribution is 0.102. The van der Waals surface area contributed by atoms with Crippen molar-refractivity contribution in [1.82, 2.24) is 4.98 Å². The van der Waals surface area contributed by atoms with Crippen LogP contribution >= 0.6 is 22.9 Å². The SMILES string of the molecule is C=CCN(c1ccccc1)S(=O)(=O)c1cc(C(=O)Nc2nc(C)cs2)ccc1Cl. The first-order valence-electron chi connectivity index (χ1n) is 8.54. The van der Waals surface area contributed by atoms with Gasteiger partial charge in [0.15, 0.2) is 5.13 Å². The molecule has 9 heteroatoms. The van der Waals surface area contributed by atoms with Crippen LogP contribution in [0.2, 0.25) is 5.02 Å². The summed E-state index contributed by atoms with van der Waals surface area (Å²) in [7, 11) is -4.03. The Balaban J connectivity index is 1.99. The van der Waals surface area contributed by atoms with Gasteiger partial charge in [-0.25, -0.2) is 13.4 Å². The van der Waals surface area contributed by atoms with Gasteiger partial charge in [0, 0.05) is 10.9 Å². The summed E-state index contributed by atoms with van der Waals surface area (Å²) in [5.74, 6) is -0.470. The lowest BCUT2D eigenvalue weighted by Gasteiger charge is -2.24. The molecule has 2 aromatic carbocycles. The molecule has 1 N–H and O–H groups in total. The number of hydrogen-bond acceptors (Lipinski definition) is 5. The number of carbonyl (C=O) groups is 1. The number of benzene rings is 2. The summed E-state index contributed by atoms with van der Waals surface area (Å²) in [6.07, 6.45) is 1.49. The zero-order chi connectivity index (χ0) is 21.0. The summed E-state index contributed by atoms with van der Waals surface area (Å²) >= 11 is 7.49. The molecule has 1 heterocycles. The summed E-state index contributed by atoms with van der Waals surface area (Å²) in [5.41, 5.74) is 1.41. The third-order valence-corrected chi connectivity index (χ3v) is 7.09. The zero-order valence-corrected chi connectivity index (χ0v) is 17.9. The number of sulfonamides is 1. The summed E-state index contributed by atoms with van der Waals surface area (Å²) in [4.78, 5) is 16.6. The first-order chi connectivity index (χ1) is 13.8. The molecule has 3 rings (SSSR count). The van der Waals surface area contributed by atoms with Gasteiger partial charge >= 0.3 is 0 Å². The van der Waals surface area contributed by atoms with Crippen LogP contribution < -0.4 is 9.62 Å². The first kappa shape index (κ1) is 21.0. The maximum atomic E-state index is 13.3. The van der Waals surface area contributed by atoms with Gasteiger partial charge in [0.1, 0.15) is 4.90 Å². The number of aryl methyl sites for hydroxylation is 1. The molecule has 0 radical (unpaired) electrons. The molecule has 0 saturated heterocycles. The van der Waals surface area contributed by atoms with Crippen molar-refractivity contribution in [2.24, 2.45) is 0 Å². The van der Waals surface area contributed by atoms with Crippen molar-refractivity contribution in [2.75, 3.05) is 16.2 Å². The van der Waals surface area contributed by atoms with Crippen LogP contribution in [-0.2, 0) is 10.0 Å². The summed E-state index contributed by atoms with van der Waals surface area (Å²) in [6.45, 7) is 5.51. The lowest BCUT2D eigenvalue weighted by Crippen LogP contribution is -2.31. The number of nitrogens with one attached hydrogen (secondary N) is 1. The van der Waals surface area contributed by atoms with E-state index in [2.05, 4.69) is 16.9 Å². The van der Waals surface area contributed by atoms with E-state index in [9.17, 15) is 13.2 Å². The highest BCUT2D eigenvalue weighted by atomic mass is 35.5. The third-order valence-electron chi connectivity index (χ3n) is 3.94. The summed E-state index contributed by atoms with van der Waals surface area (Å²) in [6, 6.07) is 12.8. The van der Waals surface area contributed by atoms with Crippen LogP contribution in [0.25, 0.3) is 0 Å². The number of nitrogens with zero attached hydrogens (tertiary/aromatic N) is 2. The van der Waals surface area contributed by atoms with Crippen molar-refractivity contribution in [3.63, 3.8) is 0 Å². The quantitative estimate of drug-likeness (QED) is 0.530. The zero-order valence-electron chi connectivity index (χ0n) is 15.5. The van der Waals surface area contributed by atoms with Gasteiger partial charge in [-0.15, -0.1) is 17.9 Å². The van der Waals surface area contributed by atoms with E-state index in [1.807, 2.05) is 6.92 Å². The number of para-hydroxylation sites is 1. The second-order valence-electron chi connectivity index (χ2n) is 6.05. The van der Waals surface area contributed by atoms with Gasteiger partial charge in [0.05, 0.1) is 22.9 Å². The monoisotopic (exact) mass is 447 g/mol. The molecule has 0 bridgehead atoms. The highest BCUT2D eigenvalue weighted by Gasteiger charge is 2.27. The number of hydrogen-bond donors (Lipinski definition) is 1. The fraction of sp³-hybridized carbons (Fsp3) is 0.100. The van der Waals surface area contributed by atoms with Crippen LogP contribution in [0.3, 0.4) is 0 Å². The highest BCUT2D eigenvalue weighted by molar-refractivity contribution is 7.93. The lowest BCUT2D eigenvalue weighted by atomic mass is 10.2. The molecule has 1 aromatic heterocycles. The standard InChI is InChI=1S/C20H18ClN3O3S2/c1-3-11-24(16-7-5-4-6-8-16)29(26,27)18-12-15(9-10-17(18)21)19(25)23-20-22-14(2)13-28-20/h3-10,12-13H,1,11H2,2H3,(H,22,23,25). The van der Waals surface area contributed by atoms with Crippen LogP contribution in [0, 0.1) is 6.92 Å². The smallest absolute Gasteiger partial charge is 0.266 e. The predicted octanol–water partition coefficient (Wildman–Crippen LogP) is 4.74. The molecule has 29 heavy (non-hydrogen) atoms. The number of rotatable bonds is 7. The minimum absolute atomic E-state index is 0.0247. The fourth-order valence-corrected chi connectivity index (χ4v) is 5.22. The van der Waals surface area contributed by atoms with Gasteiger partial charge in [0.25, 0.3) is 15.9 Å². The van der Waals surface area contributed by atoms with E-state index in [0.29, 0.717) is 10.8 Å². The Morgan fingerprint density at radius 2 is 2.00 bits per heavy atom. The Bertz CT molecular complexity index is 1140. The number of aromatic nitrogens is 1. The van der Waals surface area contributed by atoms with Gasteiger partial charge in [0.2, 0.25) is 0 Å². The first-order valence-corrected chi connectivity index (χ1v) is 11.2. The van der Waals surface area contributed by atoms with E-state index in [0.717, 1.165) is 5.69 Å². The Labute approximate surface area is 178 Å². The van der Waals surface area contributed by atoms with E-state index < -0.39 is 15.9 Å². The average Bonchev–Trinajstić information content (AvgIpc) is 3.11. The molecule has 6 nitrogen and oxygen atoms in total. The maximum absolute atomic E-state index is 13.3. The minimum Gasteiger partial charge on any atom is -0.298 e. The van der Waals surface area contributed by atoms with Crippen LogP contribution in [0.5, 0.6) is 0 Å². The second-order valence-corrected chi connectivity index (χ2v) is 9.15. The average molecular weight is 448 g/mol. The third kappa shape index (κ3) is 4.67. The molecule has 0 atom stereocenters. The molecule has 0 aliphatic rings. The van der Waals surface area contributed by atoms with E-state index in [-0.39, 0.29) is 22.0 Å². The molecule has 0 unspecified atom stereocenters. The Morgan fingerprint density at radius 3 is 2.62 bits per heavy atom. The highest BCUT2D eigenvalue weighted by Crippen LogP contribution is 2.29. The van der Waals surface area contributed by atoms with Gasteiger partial charge in [-0.1, -0.05) is 35.9 Å². The van der Waals surface area contributed by atoms with Crippen molar-refractivity contribution < 1.29 is 13.2 Å². The van der Waals surface area contributed by atoms with Crippen LogP contribution in [0.15, 0.2) is 71.5 Å². The topological polar surface area (TPSA) is 79.4 Å². The molecule has 0 saturated carbocycles. The van der Waals surface area contributed by atoms with E-state index in [1.54, 1.807) is 35.7 Å². The summed E-state index contributed by atoms with van der Waals surface area (Å²) < 4.78 is 27.9. The van der Waals surface area contributed by atoms with Crippen molar-refractivity contribution in [3.8, 4) is 0 Å². The molecular weight excluding hydrogens is 430 g/mol. The molecule has 3 aromatic rings. The van der Waals surface area contributed by atoms with Crippen molar-refractivity contribution >= 4 is 49.7 Å². The van der Waals surface area contributed by atoms with Gasteiger partial charge in [-0.2, -0.15) is 0 Å². The molecule has 1 amide bonds. The number of carbonyl (C=O) groups excluding carboxylic acids is 1. The predicted molar refractivity (Wildman–Crippen MR) is 117 cm³/mol. The van der Waals surface area contributed by atoms with E-state index in [1.165, 1.54) is 39.9 Å². The largest absolute Gasteiger partial charge is 0.298 e. The van der Waals surface area contributed by atoms with Crippen LogP contribution in [-0.4, -0.2) is 25.9 Å². The molecular formula is C20H18ClN3O3S2. The van der Waals surface area contributed by atoms with Crippen molar-refractivity contribution in [3.05, 3.63) is 82.8 Å². The Kier molecular flexibility index (Phi) is 6.36. The number of amides is 1. The van der Waals surface area contributed by atoms with Gasteiger partial charge < -0.3 is 0 Å². The maximum Gasteiger partial charge on any atom is 0.266 e. The molecule has 0 spiro atoms. The van der Waals surface area contributed by atoms with Gasteiger partial charge in [-0.05, 0) is 37.3 Å². The number of halogens is 1. The molecule has 150 valence electrons. The Morgan fingerprint density at radius 1 is 1.28 bits per heavy atom. The Hall–Kier alpha value is -2.68. The summed E-state index contributed by atoms with van der Waals surface area (Å²) in [5, 5.41) is 4.93. The van der Waals surface area contributed by atoms with Crippen molar-refractivity contribution in [2.45, 2.75) is 11.8 Å². The normalized spacial score (nSPS) is 11.1. The molecule has 0 aliphatic heterocycles. The van der Waals surface area contributed by atoms with Crippen LogP contribution in [0.4, 0.5) is 10.8 Å². The number of thiazole rings is 1. The van der Waals surface area contributed by atoms with Crippen LogP contribution in [0.1, 0.15) is 16.1 Å². The van der Waals surface area contributed by atoms with Gasteiger partial charge in [-0.3, -0.25) is 14.4 Å². The van der Waals surface area contributed by atoms with E-state index in [4.69, 9.17) is 11.6 Å². The van der Waals surface area contributed by atoms with Crippen molar-refractivity contribution in [1.29, 1.82) is 0 Å². The molecule has 0 aliphatic carbocycles. The van der Waals surface area contributed by atoms with E-state index >= 15 is 0 Å². The molecule has 0 fully saturated rings. The fourth-order valence-electron chi connectivity index (χ4n) is 2.60.